The SMILES string of the molecule is O=CC1CCC(OC2CCCCO2)C1CC#CCCC(=O)O. The van der Waals surface area contributed by atoms with Gasteiger partial charge in [0.25, 0.3) is 0 Å². The average Bonchev–Trinajstić information content (AvgIpc) is 2.90. The molecule has 5 nitrogen and oxygen atoms in total. The Balaban J connectivity index is 1.85. The smallest absolute Gasteiger partial charge is 0.304 e. The first-order chi connectivity index (χ1) is 10.7. The third-order valence-electron chi connectivity index (χ3n) is 4.38. The average molecular weight is 308 g/mol. The molecule has 1 saturated heterocycles. The van der Waals surface area contributed by atoms with E-state index >= 15 is 0 Å². The van der Waals surface area contributed by atoms with E-state index in [0.29, 0.717) is 12.8 Å². The van der Waals surface area contributed by atoms with Crippen molar-refractivity contribution in [3.8, 4) is 11.8 Å². The first-order valence-electron chi connectivity index (χ1n) is 8.10. The van der Waals surface area contributed by atoms with Crippen LogP contribution in [0.25, 0.3) is 0 Å². The number of carbonyl (C=O) groups excluding carboxylic acids is 1. The molecular formula is C17H24O5. The molecule has 0 aromatic heterocycles. The fraction of sp³-hybridized carbons (Fsp3) is 0.765. The zero-order chi connectivity index (χ0) is 15.8. The summed E-state index contributed by atoms with van der Waals surface area (Å²) in [6, 6.07) is 0. The molecule has 4 atom stereocenters. The molecule has 0 aromatic carbocycles. The van der Waals surface area contributed by atoms with Gasteiger partial charge in [-0.2, -0.15) is 0 Å². The van der Waals surface area contributed by atoms with Gasteiger partial charge in [0, 0.05) is 31.3 Å². The molecule has 1 aliphatic carbocycles. The van der Waals surface area contributed by atoms with E-state index in [4.69, 9.17) is 14.6 Å². The summed E-state index contributed by atoms with van der Waals surface area (Å²) in [5, 5.41) is 8.58. The molecule has 4 unspecified atom stereocenters. The van der Waals surface area contributed by atoms with E-state index in [0.717, 1.165) is 45.0 Å². The Kier molecular flexibility index (Phi) is 6.88. The maximum atomic E-state index is 11.2. The molecule has 1 heterocycles. The summed E-state index contributed by atoms with van der Waals surface area (Å²) < 4.78 is 11.7. The molecule has 2 rings (SSSR count). The standard InChI is InChI=1S/C17H24O5/c18-12-13-9-10-15(22-17-8-4-5-11-21-17)14(13)6-2-1-3-7-16(19)20/h12-15,17H,3-11H2,(H,19,20). The van der Waals surface area contributed by atoms with Gasteiger partial charge in [-0.25, -0.2) is 0 Å². The molecule has 122 valence electrons. The zero-order valence-electron chi connectivity index (χ0n) is 12.8. The summed E-state index contributed by atoms with van der Waals surface area (Å²) in [5.74, 6) is 5.15. The van der Waals surface area contributed by atoms with Gasteiger partial charge in [-0.1, -0.05) is 0 Å². The predicted octanol–water partition coefficient (Wildman–Crippen LogP) is 2.38. The van der Waals surface area contributed by atoms with Crippen molar-refractivity contribution in [3.63, 3.8) is 0 Å². The van der Waals surface area contributed by atoms with E-state index in [2.05, 4.69) is 11.8 Å². The van der Waals surface area contributed by atoms with E-state index in [1.807, 2.05) is 0 Å². The summed E-state index contributed by atoms with van der Waals surface area (Å²) in [6.45, 7) is 0.744. The van der Waals surface area contributed by atoms with E-state index in [1.54, 1.807) is 0 Å². The topological polar surface area (TPSA) is 72.8 Å². The quantitative estimate of drug-likeness (QED) is 0.602. The molecule has 0 amide bonds. The minimum absolute atomic E-state index is 0.0117. The number of carboxylic acid groups (broad SMARTS) is 1. The highest BCUT2D eigenvalue weighted by atomic mass is 16.7. The second-order valence-electron chi connectivity index (χ2n) is 5.96. The van der Waals surface area contributed by atoms with Crippen molar-refractivity contribution >= 4 is 12.3 Å². The predicted molar refractivity (Wildman–Crippen MR) is 80.0 cm³/mol. The fourth-order valence-electron chi connectivity index (χ4n) is 3.14. The third kappa shape index (κ3) is 5.11. The second-order valence-corrected chi connectivity index (χ2v) is 5.96. The Labute approximate surface area is 131 Å². The number of aliphatic carboxylic acids is 1. The molecule has 5 heteroatoms. The van der Waals surface area contributed by atoms with Crippen LogP contribution in [0, 0.1) is 23.7 Å². The molecule has 0 radical (unpaired) electrons. The fourth-order valence-corrected chi connectivity index (χ4v) is 3.14. The van der Waals surface area contributed by atoms with Gasteiger partial charge in [0.2, 0.25) is 0 Å². The van der Waals surface area contributed by atoms with Gasteiger partial charge < -0.3 is 19.4 Å². The Morgan fingerprint density at radius 1 is 1.27 bits per heavy atom. The number of carboxylic acids is 1. The highest BCUT2D eigenvalue weighted by molar-refractivity contribution is 5.67. The minimum atomic E-state index is -0.836. The lowest BCUT2D eigenvalue weighted by Crippen LogP contribution is -2.31. The molecule has 22 heavy (non-hydrogen) atoms. The number of ether oxygens (including phenoxy) is 2. The van der Waals surface area contributed by atoms with Gasteiger partial charge in [-0.3, -0.25) is 4.79 Å². The third-order valence-corrected chi connectivity index (χ3v) is 4.38. The lowest BCUT2D eigenvalue weighted by molar-refractivity contribution is -0.195. The van der Waals surface area contributed by atoms with Crippen LogP contribution in [0.15, 0.2) is 0 Å². The largest absolute Gasteiger partial charge is 0.481 e. The van der Waals surface area contributed by atoms with Crippen LogP contribution in [0.2, 0.25) is 0 Å². The molecular weight excluding hydrogens is 284 g/mol. The van der Waals surface area contributed by atoms with Gasteiger partial charge >= 0.3 is 5.97 Å². The van der Waals surface area contributed by atoms with E-state index < -0.39 is 5.97 Å². The van der Waals surface area contributed by atoms with Crippen molar-refractivity contribution in [1.29, 1.82) is 0 Å². The van der Waals surface area contributed by atoms with E-state index in [9.17, 15) is 9.59 Å². The van der Waals surface area contributed by atoms with Crippen LogP contribution in [0.4, 0.5) is 0 Å². The lowest BCUT2D eigenvalue weighted by Gasteiger charge is -2.29. The van der Waals surface area contributed by atoms with Crippen LogP contribution < -0.4 is 0 Å². The minimum Gasteiger partial charge on any atom is -0.481 e. The summed E-state index contributed by atoms with van der Waals surface area (Å²) in [5.41, 5.74) is 0. The normalized spacial score (nSPS) is 31.3. The van der Waals surface area contributed by atoms with Crippen molar-refractivity contribution in [3.05, 3.63) is 0 Å². The summed E-state index contributed by atoms with van der Waals surface area (Å²) in [7, 11) is 0. The summed E-state index contributed by atoms with van der Waals surface area (Å²) in [4.78, 5) is 21.7. The van der Waals surface area contributed by atoms with Crippen molar-refractivity contribution < 1.29 is 24.2 Å². The molecule has 0 aromatic rings. The maximum absolute atomic E-state index is 11.2. The van der Waals surface area contributed by atoms with E-state index in [1.165, 1.54) is 0 Å². The molecule has 1 aliphatic heterocycles. The Hall–Kier alpha value is -1.38. The lowest BCUT2D eigenvalue weighted by atomic mass is 9.93. The number of aldehydes is 1. The first-order valence-corrected chi connectivity index (χ1v) is 8.10. The first kappa shape index (κ1) is 17.0. The van der Waals surface area contributed by atoms with Crippen LogP contribution >= 0.6 is 0 Å². The Bertz CT molecular complexity index is 430. The molecule has 1 saturated carbocycles. The van der Waals surface area contributed by atoms with Crippen LogP contribution in [-0.4, -0.2) is 36.4 Å². The van der Waals surface area contributed by atoms with Crippen LogP contribution in [-0.2, 0) is 19.1 Å². The van der Waals surface area contributed by atoms with Crippen molar-refractivity contribution in [2.24, 2.45) is 11.8 Å². The Morgan fingerprint density at radius 3 is 2.82 bits per heavy atom. The molecule has 0 spiro atoms. The molecule has 0 bridgehead atoms. The van der Waals surface area contributed by atoms with Gasteiger partial charge in [-0.15, -0.1) is 11.8 Å². The highest BCUT2D eigenvalue weighted by Gasteiger charge is 2.37. The van der Waals surface area contributed by atoms with Crippen molar-refractivity contribution in [1.82, 2.24) is 0 Å². The monoisotopic (exact) mass is 308 g/mol. The van der Waals surface area contributed by atoms with Gasteiger partial charge in [0.1, 0.15) is 6.29 Å². The number of hydrogen-bond acceptors (Lipinski definition) is 4. The maximum Gasteiger partial charge on any atom is 0.304 e. The number of rotatable bonds is 6. The van der Waals surface area contributed by atoms with Crippen LogP contribution in [0.5, 0.6) is 0 Å². The van der Waals surface area contributed by atoms with E-state index in [-0.39, 0.29) is 30.7 Å². The highest BCUT2D eigenvalue weighted by Crippen LogP contribution is 2.36. The van der Waals surface area contributed by atoms with Gasteiger partial charge in [0.05, 0.1) is 12.5 Å². The van der Waals surface area contributed by atoms with Crippen molar-refractivity contribution in [2.75, 3.05) is 6.61 Å². The summed E-state index contributed by atoms with van der Waals surface area (Å²) >= 11 is 0. The number of carbonyl (C=O) groups is 2. The Morgan fingerprint density at radius 2 is 2.14 bits per heavy atom. The second kappa shape index (κ2) is 8.92. The molecule has 2 aliphatic rings. The summed E-state index contributed by atoms with van der Waals surface area (Å²) in [6.07, 6.45) is 6.70. The zero-order valence-corrected chi connectivity index (χ0v) is 12.8. The van der Waals surface area contributed by atoms with Crippen LogP contribution in [0.3, 0.4) is 0 Å². The van der Waals surface area contributed by atoms with Crippen LogP contribution in [0.1, 0.15) is 51.4 Å². The number of hydrogen-bond donors (Lipinski definition) is 1. The molecule has 2 fully saturated rings. The van der Waals surface area contributed by atoms with Gasteiger partial charge in [0.15, 0.2) is 6.29 Å². The molecule has 1 N–H and O–H groups in total. The van der Waals surface area contributed by atoms with Gasteiger partial charge in [-0.05, 0) is 32.1 Å². The van der Waals surface area contributed by atoms with Crippen molar-refractivity contribution in [2.45, 2.75) is 63.8 Å².